The van der Waals surface area contributed by atoms with E-state index in [0.717, 1.165) is 12.8 Å². The quantitative estimate of drug-likeness (QED) is 0.149. The Morgan fingerprint density at radius 1 is 0.593 bits per heavy atom. The summed E-state index contributed by atoms with van der Waals surface area (Å²) >= 11 is 0. The standard InChI is InChI=1S/C22H47O4P/c1-4-7-8-9-10-11-12-13-14-15-16-17-18-19-20-22(23)21-26-27(24-5-2)25-6-3/h22-23H,4-21H2,1-3H3. The van der Waals surface area contributed by atoms with Crippen molar-refractivity contribution in [2.45, 2.75) is 123 Å². The van der Waals surface area contributed by atoms with Gasteiger partial charge in [-0.25, -0.2) is 0 Å². The Kier molecular flexibility index (Phi) is 22.8. The fourth-order valence-electron chi connectivity index (χ4n) is 3.13. The Hall–Kier alpha value is 0.270. The van der Waals surface area contributed by atoms with E-state index in [-0.39, 0.29) is 0 Å². The van der Waals surface area contributed by atoms with Crippen LogP contribution >= 0.6 is 8.60 Å². The van der Waals surface area contributed by atoms with Crippen molar-refractivity contribution in [2.75, 3.05) is 19.8 Å². The molecule has 0 aliphatic rings. The molecule has 0 aromatic heterocycles. The maximum absolute atomic E-state index is 10.00. The molecule has 0 aliphatic heterocycles. The van der Waals surface area contributed by atoms with E-state index in [2.05, 4.69) is 6.92 Å². The highest BCUT2D eigenvalue weighted by atomic mass is 31.2. The van der Waals surface area contributed by atoms with Gasteiger partial charge >= 0.3 is 8.60 Å². The Labute approximate surface area is 170 Å². The summed E-state index contributed by atoms with van der Waals surface area (Å²) < 4.78 is 16.3. The van der Waals surface area contributed by atoms with Gasteiger partial charge in [-0.2, -0.15) is 0 Å². The van der Waals surface area contributed by atoms with Crippen LogP contribution in [0.25, 0.3) is 0 Å². The van der Waals surface area contributed by atoms with E-state index in [1.165, 1.54) is 83.5 Å². The maximum atomic E-state index is 10.00. The number of unbranched alkanes of at least 4 members (excludes halogenated alkanes) is 13. The third-order valence-electron chi connectivity index (χ3n) is 4.73. The fourth-order valence-corrected chi connectivity index (χ4v) is 4.07. The summed E-state index contributed by atoms with van der Waals surface area (Å²) in [5.41, 5.74) is 0. The first-order valence-electron chi connectivity index (χ1n) is 11.6. The molecule has 0 saturated heterocycles. The Balaban J connectivity index is 3.29. The highest BCUT2D eigenvalue weighted by molar-refractivity contribution is 7.41. The van der Waals surface area contributed by atoms with Crippen molar-refractivity contribution in [3.8, 4) is 0 Å². The van der Waals surface area contributed by atoms with Crippen LogP contribution in [-0.4, -0.2) is 31.0 Å². The van der Waals surface area contributed by atoms with E-state index in [1.54, 1.807) is 0 Å². The van der Waals surface area contributed by atoms with Crippen molar-refractivity contribution in [3.05, 3.63) is 0 Å². The lowest BCUT2D eigenvalue weighted by molar-refractivity contribution is 0.0767. The summed E-state index contributed by atoms with van der Waals surface area (Å²) in [6.07, 6.45) is 19.4. The van der Waals surface area contributed by atoms with Gasteiger partial charge in [0, 0.05) is 0 Å². The van der Waals surface area contributed by atoms with Crippen LogP contribution in [0.1, 0.15) is 117 Å². The minimum atomic E-state index is -1.29. The highest BCUT2D eigenvalue weighted by Gasteiger charge is 2.13. The second kappa shape index (κ2) is 22.6. The van der Waals surface area contributed by atoms with Gasteiger partial charge in [0.2, 0.25) is 0 Å². The lowest BCUT2D eigenvalue weighted by Gasteiger charge is -2.17. The molecular weight excluding hydrogens is 359 g/mol. The molecule has 27 heavy (non-hydrogen) atoms. The number of aliphatic hydroxyl groups excluding tert-OH is 1. The van der Waals surface area contributed by atoms with E-state index in [1.807, 2.05) is 13.8 Å². The Morgan fingerprint density at radius 2 is 1.00 bits per heavy atom. The second-order valence-electron chi connectivity index (χ2n) is 7.39. The number of hydrogen-bond donors (Lipinski definition) is 1. The second-order valence-corrected chi connectivity index (χ2v) is 8.62. The molecule has 4 nitrogen and oxygen atoms in total. The highest BCUT2D eigenvalue weighted by Crippen LogP contribution is 2.39. The molecule has 0 spiro atoms. The molecule has 0 bridgehead atoms. The summed E-state index contributed by atoms with van der Waals surface area (Å²) in [7, 11) is -1.29. The van der Waals surface area contributed by atoms with Gasteiger partial charge in [0.15, 0.2) is 0 Å². The zero-order valence-electron chi connectivity index (χ0n) is 18.4. The molecule has 0 aromatic rings. The molecule has 0 fully saturated rings. The molecule has 164 valence electrons. The van der Waals surface area contributed by atoms with Crippen LogP contribution in [0.4, 0.5) is 0 Å². The maximum Gasteiger partial charge on any atom is 0.332 e. The summed E-state index contributed by atoms with van der Waals surface area (Å²) in [5.74, 6) is 0. The molecule has 0 aliphatic carbocycles. The first kappa shape index (κ1) is 27.3. The van der Waals surface area contributed by atoms with E-state index >= 15 is 0 Å². The van der Waals surface area contributed by atoms with E-state index in [0.29, 0.717) is 19.8 Å². The third-order valence-corrected chi connectivity index (χ3v) is 6.03. The molecule has 0 radical (unpaired) electrons. The smallest absolute Gasteiger partial charge is 0.332 e. The predicted octanol–water partition coefficient (Wildman–Crippen LogP) is 7.54. The van der Waals surface area contributed by atoms with Gasteiger partial charge in [-0.3, -0.25) is 0 Å². The van der Waals surface area contributed by atoms with Crippen LogP contribution in [0.2, 0.25) is 0 Å². The minimum absolute atomic E-state index is 0.310. The van der Waals surface area contributed by atoms with E-state index < -0.39 is 14.7 Å². The molecule has 5 heteroatoms. The third kappa shape index (κ3) is 20.8. The molecule has 1 unspecified atom stereocenters. The van der Waals surface area contributed by atoms with Crippen molar-refractivity contribution in [2.24, 2.45) is 0 Å². The normalized spacial score (nSPS) is 12.8. The molecular formula is C22H47O4P. The summed E-state index contributed by atoms with van der Waals surface area (Å²) in [4.78, 5) is 0. The predicted molar refractivity (Wildman–Crippen MR) is 117 cm³/mol. The van der Waals surface area contributed by atoms with Gasteiger partial charge in [0.05, 0.1) is 25.9 Å². The van der Waals surface area contributed by atoms with Crippen LogP contribution in [0.5, 0.6) is 0 Å². The molecule has 1 N–H and O–H groups in total. The topological polar surface area (TPSA) is 47.9 Å². The van der Waals surface area contributed by atoms with Crippen LogP contribution in [0, 0.1) is 0 Å². The summed E-state index contributed by atoms with van der Waals surface area (Å²) in [5, 5.41) is 10.00. The number of hydrogen-bond acceptors (Lipinski definition) is 4. The summed E-state index contributed by atoms with van der Waals surface area (Å²) in [6.45, 7) is 7.57. The average molecular weight is 407 g/mol. The van der Waals surface area contributed by atoms with Gasteiger partial charge in [-0.1, -0.05) is 96.8 Å². The number of aliphatic hydroxyl groups is 1. The monoisotopic (exact) mass is 406 g/mol. The lowest BCUT2D eigenvalue weighted by atomic mass is 10.0. The van der Waals surface area contributed by atoms with Crippen LogP contribution in [-0.2, 0) is 13.6 Å². The Bertz CT molecular complexity index is 273. The SMILES string of the molecule is CCCCCCCCCCCCCCCCC(O)COP(OCC)OCC. The first-order chi connectivity index (χ1) is 13.2. The molecule has 0 heterocycles. The largest absolute Gasteiger partial charge is 0.391 e. The van der Waals surface area contributed by atoms with Crippen LogP contribution < -0.4 is 0 Å². The molecule has 0 rings (SSSR count). The van der Waals surface area contributed by atoms with Gasteiger partial charge in [-0.05, 0) is 20.3 Å². The van der Waals surface area contributed by atoms with Gasteiger partial charge in [0.1, 0.15) is 0 Å². The first-order valence-corrected chi connectivity index (χ1v) is 12.7. The zero-order valence-corrected chi connectivity index (χ0v) is 19.3. The summed E-state index contributed by atoms with van der Waals surface area (Å²) in [6, 6.07) is 0. The van der Waals surface area contributed by atoms with E-state index in [4.69, 9.17) is 13.6 Å². The average Bonchev–Trinajstić information content (AvgIpc) is 2.66. The van der Waals surface area contributed by atoms with Gasteiger partial charge in [-0.15, -0.1) is 0 Å². The van der Waals surface area contributed by atoms with Crippen molar-refractivity contribution < 1.29 is 18.7 Å². The van der Waals surface area contributed by atoms with Crippen molar-refractivity contribution in [1.29, 1.82) is 0 Å². The van der Waals surface area contributed by atoms with Crippen molar-refractivity contribution in [1.82, 2.24) is 0 Å². The van der Waals surface area contributed by atoms with Crippen LogP contribution in [0.15, 0.2) is 0 Å². The lowest BCUT2D eigenvalue weighted by Crippen LogP contribution is -2.14. The molecule has 1 atom stereocenters. The fraction of sp³-hybridized carbons (Fsp3) is 1.00. The van der Waals surface area contributed by atoms with Crippen molar-refractivity contribution in [3.63, 3.8) is 0 Å². The van der Waals surface area contributed by atoms with Gasteiger partial charge < -0.3 is 18.7 Å². The molecule has 0 aromatic carbocycles. The Morgan fingerprint density at radius 3 is 1.41 bits per heavy atom. The molecule has 0 saturated carbocycles. The van der Waals surface area contributed by atoms with Crippen molar-refractivity contribution >= 4 is 8.60 Å². The van der Waals surface area contributed by atoms with Gasteiger partial charge in [0.25, 0.3) is 0 Å². The van der Waals surface area contributed by atoms with Crippen LogP contribution in [0.3, 0.4) is 0 Å². The molecule has 0 amide bonds. The minimum Gasteiger partial charge on any atom is -0.391 e. The number of rotatable bonds is 22. The zero-order chi connectivity index (χ0) is 20.0. The van der Waals surface area contributed by atoms with E-state index in [9.17, 15) is 5.11 Å².